The fraction of sp³-hybridized carbons (Fsp3) is 0.520. The van der Waals surface area contributed by atoms with Gasteiger partial charge in [-0.1, -0.05) is 39.0 Å². The minimum absolute atomic E-state index is 0.0135. The second-order valence-electron chi connectivity index (χ2n) is 8.09. The van der Waals surface area contributed by atoms with Gasteiger partial charge in [0.1, 0.15) is 11.6 Å². The van der Waals surface area contributed by atoms with Gasteiger partial charge in [-0.3, -0.25) is 9.69 Å². The van der Waals surface area contributed by atoms with E-state index in [0.29, 0.717) is 18.6 Å². The summed E-state index contributed by atoms with van der Waals surface area (Å²) in [6, 6.07) is 3.00. The van der Waals surface area contributed by atoms with Crippen LogP contribution in [0.25, 0.3) is 0 Å². The van der Waals surface area contributed by atoms with E-state index >= 15 is 0 Å². The van der Waals surface area contributed by atoms with Gasteiger partial charge >= 0.3 is 0 Å². The lowest BCUT2D eigenvalue weighted by Crippen LogP contribution is -2.53. The molecule has 1 aliphatic heterocycles. The van der Waals surface area contributed by atoms with Crippen molar-refractivity contribution in [3.8, 4) is 0 Å². The molecule has 2 unspecified atom stereocenters. The molecule has 1 aromatic rings. The largest absolute Gasteiger partial charge is 0.314 e. The lowest BCUT2D eigenvalue weighted by atomic mass is 9.91. The zero-order valence-corrected chi connectivity index (χ0v) is 19.6. The van der Waals surface area contributed by atoms with Crippen LogP contribution in [0, 0.1) is 17.6 Å². The van der Waals surface area contributed by atoms with E-state index in [1.807, 2.05) is 32.9 Å². The number of benzene rings is 1. The van der Waals surface area contributed by atoms with Gasteiger partial charge in [0.2, 0.25) is 0 Å². The molecule has 1 aliphatic rings. The third-order valence-electron chi connectivity index (χ3n) is 5.69. The first-order chi connectivity index (χ1) is 15.4. The number of piperazine rings is 1. The van der Waals surface area contributed by atoms with E-state index < -0.39 is 11.6 Å². The number of allylic oxidation sites excluding steroid dienone is 4. The Morgan fingerprint density at radius 1 is 1.28 bits per heavy atom. The first-order valence-corrected chi connectivity index (χ1v) is 11.5. The normalized spacial score (nSPS) is 18.1. The van der Waals surface area contributed by atoms with Gasteiger partial charge in [0.25, 0.3) is 5.91 Å². The number of hydrazone groups is 1. The number of halogens is 2. The number of carbonyl (C=O) groups is 1. The minimum atomic E-state index is -0.562. The van der Waals surface area contributed by atoms with Gasteiger partial charge in [0, 0.05) is 31.7 Å². The molecule has 0 aliphatic carbocycles. The molecule has 5 nitrogen and oxygen atoms in total. The molecule has 2 rings (SSSR count). The number of hydrogen-bond donors (Lipinski definition) is 2. The summed E-state index contributed by atoms with van der Waals surface area (Å²) in [4.78, 5) is 15.0. The van der Waals surface area contributed by atoms with Crippen molar-refractivity contribution < 1.29 is 13.6 Å². The standard InChI is InChI=1S/C25H36F2N4O/c1-5-8-19(9-6-2)18(4)16-23(21-17-20(26)10-11-22(21)27)29-30-25(32)24(7-3)31-14-12-28-13-15-31/h5,8-11,17-18,24,28H,6-7,12-16H2,1-4H3,(H,30,32)/b8-5-,19-9+,29-23+. The molecule has 1 saturated heterocycles. The van der Waals surface area contributed by atoms with E-state index in [1.54, 1.807) is 0 Å². The lowest BCUT2D eigenvalue weighted by molar-refractivity contribution is -0.126. The predicted octanol–water partition coefficient (Wildman–Crippen LogP) is 4.41. The molecular formula is C25H36F2N4O. The number of carbonyl (C=O) groups excluding carboxylic acids is 1. The van der Waals surface area contributed by atoms with Gasteiger partial charge < -0.3 is 5.32 Å². The van der Waals surface area contributed by atoms with E-state index in [4.69, 9.17) is 0 Å². The number of hydrogen-bond acceptors (Lipinski definition) is 4. The van der Waals surface area contributed by atoms with Gasteiger partial charge in [-0.05, 0) is 55.9 Å². The lowest BCUT2D eigenvalue weighted by Gasteiger charge is -2.33. The van der Waals surface area contributed by atoms with Crippen molar-refractivity contribution in [2.75, 3.05) is 26.2 Å². The Bertz CT molecular complexity index is 844. The molecule has 0 bridgehead atoms. The van der Waals surface area contributed by atoms with E-state index in [0.717, 1.165) is 56.4 Å². The van der Waals surface area contributed by atoms with Crippen LogP contribution in [0.15, 0.2) is 47.1 Å². The molecule has 2 N–H and O–H groups in total. The van der Waals surface area contributed by atoms with Crippen LogP contribution in [-0.4, -0.2) is 48.7 Å². The van der Waals surface area contributed by atoms with Gasteiger partial charge in [0.05, 0.1) is 11.8 Å². The van der Waals surface area contributed by atoms with E-state index in [2.05, 4.69) is 33.7 Å². The van der Waals surface area contributed by atoms with Crippen molar-refractivity contribution in [3.05, 3.63) is 59.2 Å². The molecule has 1 fully saturated rings. The number of rotatable bonds is 10. The maximum Gasteiger partial charge on any atom is 0.257 e. The van der Waals surface area contributed by atoms with Crippen LogP contribution in [0.4, 0.5) is 8.78 Å². The predicted molar refractivity (Wildman–Crippen MR) is 127 cm³/mol. The zero-order chi connectivity index (χ0) is 23.5. The Labute approximate surface area is 190 Å². The topological polar surface area (TPSA) is 56.7 Å². The van der Waals surface area contributed by atoms with Crippen molar-refractivity contribution in [1.82, 2.24) is 15.6 Å². The van der Waals surface area contributed by atoms with Crippen LogP contribution < -0.4 is 10.7 Å². The maximum absolute atomic E-state index is 14.6. The molecule has 1 amide bonds. The molecule has 7 heteroatoms. The Hall–Kier alpha value is -2.38. The Morgan fingerprint density at radius 3 is 2.62 bits per heavy atom. The SMILES string of the molecule is C/C=C\C(=C/CC)C(C)C/C(=N\NC(=O)C(CC)N1CCNCC1)c1cc(F)ccc1F. The fourth-order valence-electron chi connectivity index (χ4n) is 4.00. The number of nitrogens with zero attached hydrogens (tertiary/aromatic N) is 2. The van der Waals surface area contributed by atoms with Gasteiger partial charge in [0.15, 0.2) is 0 Å². The minimum Gasteiger partial charge on any atom is -0.314 e. The highest BCUT2D eigenvalue weighted by Crippen LogP contribution is 2.22. The van der Waals surface area contributed by atoms with E-state index in [1.165, 1.54) is 0 Å². The molecule has 0 radical (unpaired) electrons. The Kier molecular flexibility index (Phi) is 10.7. The highest BCUT2D eigenvalue weighted by Gasteiger charge is 2.26. The van der Waals surface area contributed by atoms with Crippen LogP contribution in [0.5, 0.6) is 0 Å². The average molecular weight is 447 g/mol. The maximum atomic E-state index is 14.6. The average Bonchev–Trinajstić information content (AvgIpc) is 2.79. The molecule has 0 saturated carbocycles. The highest BCUT2D eigenvalue weighted by atomic mass is 19.1. The third-order valence-corrected chi connectivity index (χ3v) is 5.69. The molecule has 32 heavy (non-hydrogen) atoms. The van der Waals surface area contributed by atoms with Crippen LogP contribution in [0.1, 0.15) is 52.5 Å². The van der Waals surface area contributed by atoms with Crippen molar-refractivity contribution >= 4 is 11.6 Å². The van der Waals surface area contributed by atoms with Crippen molar-refractivity contribution in [3.63, 3.8) is 0 Å². The summed E-state index contributed by atoms with van der Waals surface area (Å²) >= 11 is 0. The first kappa shape index (κ1) is 25.9. The number of nitrogens with one attached hydrogen (secondary N) is 2. The van der Waals surface area contributed by atoms with Crippen LogP contribution >= 0.6 is 0 Å². The van der Waals surface area contributed by atoms with Crippen molar-refractivity contribution in [2.45, 2.75) is 53.0 Å². The third kappa shape index (κ3) is 7.35. The Morgan fingerprint density at radius 2 is 2.00 bits per heavy atom. The van der Waals surface area contributed by atoms with E-state index in [9.17, 15) is 13.6 Å². The molecule has 176 valence electrons. The molecular weight excluding hydrogens is 410 g/mol. The monoisotopic (exact) mass is 446 g/mol. The second kappa shape index (κ2) is 13.2. The first-order valence-electron chi connectivity index (χ1n) is 11.5. The van der Waals surface area contributed by atoms with Crippen molar-refractivity contribution in [1.29, 1.82) is 0 Å². The van der Waals surface area contributed by atoms with Gasteiger partial charge in [-0.15, -0.1) is 0 Å². The molecule has 0 spiro atoms. The summed E-state index contributed by atoms with van der Waals surface area (Å²) in [5.74, 6) is -1.32. The van der Waals surface area contributed by atoms with Crippen LogP contribution in [-0.2, 0) is 4.79 Å². The Balaban J connectivity index is 2.30. The summed E-state index contributed by atoms with van der Waals surface area (Å²) in [6.45, 7) is 11.2. The van der Waals surface area contributed by atoms with Gasteiger partial charge in [-0.2, -0.15) is 5.10 Å². The number of amides is 1. The summed E-state index contributed by atoms with van der Waals surface area (Å²) in [6.07, 6.45) is 7.96. The molecule has 1 aromatic carbocycles. The highest BCUT2D eigenvalue weighted by molar-refractivity contribution is 6.01. The van der Waals surface area contributed by atoms with Crippen LogP contribution in [0.2, 0.25) is 0 Å². The van der Waals surface area contributed by atoms with Crippen LogP contribution in [0.3, 0.4) is 0 Å². The fourth-order valence-corrected chi connectivity index (χ4v) is 4.00. The molecule has 0 aromatic heterocycles. The quantitative estimate of drug-likeness (QED) is 0.318. The summed E-state index contributed by atoms with van der Waals surface area (Å²) in [5, 5.41) is 7.60. The summed E-state index contributed by atoms with van der Waals surface area (Å²) in [7, 11) is 0. The molecule has 2 atom stereocenters. The zero-order valence-electron chi connectivity index (χ0n) is 19.6. The smallest absolute Gasteiger partial charge is 0.257 e. The summed E-state index contributed by atoms with van der Waals surface area (Å²) in [5.41, 5.74) is 4.14. The van der Waals surface area contributed by atoms with Crippen molar-refractivity contribution in [2.24, 2.45) is 11.0 Å². The van der Waals surface area contributed by atoms with Gasteiger partial charge in [-0.25, -0.2) is 14.2 Å². The molecule has 1 heterocycles. The van der Waals surface area contributed by atoms with E-state index in [-0.39, 0.29) is 23.4 Å². The second-order valence-corrected chi connectivity index (χ2v) is 8.09. The summed E-state index contributed by atoms with van der Waals surface area (Å²) < 4.78 is 28.5.